The van der Waals surface area contributed by atoms with Gasteiger partial charge in [0.25, 0.3) is 5.91 Å². The third-order valence-corrected chi connectivity index (χ3v) is 3.94. The fourth-order valence-electron chi connectivity index (χ4n) is 2.73. The van der Waals surface area contributed by atoms with Gasteiger partial charge < -0.3 is 10.1 Å². The van der Waals surface area contributed by atoms with E-state index in [9.17, 15) is 14.0 Å². The van der Waals surface area contributed by atoms with Gasteiger partial charge >= 0.3 is 5.97 Å². The molecule has 0 aliphatic rings. The molecule has 0 saturated carbocycles. The van der Waals surface area contributed by atoms with Gasteiger partial charge in [0, 0.05) is 5.69 Å². The number of nitrogens with zero attached hydrogens (tertiary/aromatic N) is 2. The number of hydrogen-bond donors (Lipinski definition) is 1. The molecular formula is C20H18FN3O3. The highest BCUT2D eigenvalue weighted by Crippen LogP contribution is 2.18. The molecule has 2 aromatic carbocycles. The lowest BCUT2D eigenvalue weighted by atomic mass is 10.2. The molecule has 0 spiro atoms. The maximum atomic E-state index is 13.1. The molecule has 0 atom stereocenters. The van der Waals surface area contributed by atoms with Gasteiger partial charge in [0.05, 0.1) is 17.1 Å². The Balaban J connectivity index is 1.68. The van der Waals surface area contributed by atoms with Crippen molar-refractivity contribution in [2.45, 2.75) is 13.8 Å². The van der Waals surface area contributed by atoms with Gasteiger partial charge in [-0.25, -0.2) is 13.9 Å². The van der Waals surface area contributed by atoms with E-state index in [-0.39, 0.29) is 0 Å². The van der Waals surface area contributed by atoms with Gasteiger partial charge in [-0.2, -0.15) is 5.10 Å². The summed E-state index contributed by atoms with van der Waals surface area (Å²) in [5.41, 5.74) is 2.56. The number of benzene rings is 2. The summed E-state index contributed by atoms with van der Waals surface area (Å²) in [4.78, 5) is 24.4. The summed E-state index contributed by atoms with van der Waals surface area (Å²) in [5, 5.41) is 6.85. The zero-order valence-corrected chi connectivity index (χ0v) is 14.9. The van der Waals surface area contributed by atoms with Crippen LogP contribution in [-0.2, 0) is 9.53 Å². The molecule has 0 bridgehead atoms. The van der Waals surface area contributed by atoms with Crippen molar-refractivity contribution in [3.63, 3.8) is 0 Å². The molecule has 0 radical (unpaired) electrons. The van der Waals surface area contributed by atoms with E-state index in [1.54, 1.807) is 24.6 Å². The van der Waals surface area contributed by atoms with Crippen LogP contribution in [0.25, 0.3) is 5.69 Å². The quantitative estimate of drug-likeness (QED) is 0.701. The Bertz CT molecular complexity index is 983. The predicted octanol–water partition coefficient (Wildman–Crippen LogP) is 3.42. The lowest BCUT2D eigenvalue weighted by molar-refractivity contribution is -0.119. The SMILES string of the molecule is Cc1nn(-c2ccccc2)c(C)c1C(=O)OCC(=O)Nc1cccc(F)c1. The number of hydrogen-bond acceptors (Lipinski definition) is 4. The van der Waals surface area contributed by atoms with Gasteiger partial charge in [-0.05, 0) is 44.2 Å². The van der Waals surface area contributed by atoms with E-state index in [0.717, 1.165) is 5.69 Å². The number of esters is 1. The average Bonchev–Trinajstić information content (AvgIpc) is 2.95. The van der Waals surface area contributed by atoms with Crippen molar-refractivity contribution in [3.05, 3.63) is 77.4 Å². The maximum Gasteiger partial charge on any atom is 0.342 e. The highest BCUT2D eigenvalue weighted by Gasteiger charge is 2.21. The minimum absolute atomic E-state index is 0.292. The van der Waals surface area contributed by atoms with Gasteiger partial charge in [0.2, 0.25) is 0 Å². The van der Waals surface area contributed by atoms with Gasteiger partial charge in [-0.3, -0.25) is 4.79 Å². The largest absolute Gasteiger partial charge is 0.452 e. The summed E-state index contributed by atoms with van der Waals surface area (Å²) in [6.07, 6.45) is 0. The minimum Gasteiger partial charge on any atom is -0.452 e. The minimum atomic E-state index is -0.637. The second-order valence-corrected chi connectivity index (χ2v) is 5.93. The van der Waals surface area contributed by atoms with Crippen molar-refractivity contribution in [1.29, 1.82) is 0 Å². The lowest BCUT2D eigenvalue weighted by Crippen LogP contribution is -2.21. The summed E-state index contributed by atoms with van der Waals surface area (Å²) in [6, 6.07) is 14.9. The summed E-state index contributed by atoms with van der Waals surface area (Å²) in [6.45, 7) is 2.98. The molecule has 1 heterocycles. The summed E-state index contributed by atoms with van der Waals surface area (Å²) >= 11 is 0. The van der Waals surface area contributed by atoms with E-state index in [1.165, 1.54) is 18.2 Å². The van der Waals surface area contributed by atoms with Crippen LogP contribution in [0.15, 0.2) is 54.6 Å². The molecule has 1 amide bonds. The molecule has 1 aromatic heterocycles. The molecule has 0 saturated heterocycles. The van der Waals surface area contributed by atoms with Crippen molar-refractivity contribution in [3.8, 4) is 5.69 Å². The van der Waals surface area contributed by atoms with Gasteiger partial charge in [0.15, 0.2) is 6.61 Å². The number of anilines is 1. The number of aromatic nitrogens is 2. The third kappa shape index (κ3) is 4.20. The number of ether oxygens (including phenoxy) is 1. The average molecular weight is 367 g/mol. The molecule has 0 aliphatic carbocycles. The van der Waals surface area contributed by atoms with Gasteiger partial charge in [-0.1, -0.05) is 24.3 Å². The van der Waals surface area contributed by atoms with Crippen LogP contribution in [0.2, 0.25) is 0 Å². The smallest absolute Gasteiger partial charge is 0.342 e. The number of amides is 1. The van der Waals surface area contributed by atoms with Crippen molar-refractivity contribution in [2.24, 2.45) is 0 Å². The number of carbonyl (C=O) groups is 2. The van der Waals surface area contributed by atoms with E-state index >= 15 is 0 Å². The zero-order chi connectivity index (χ0) is 19.4. The Labute approximate surface area is 155 Å². The molecule has 138 valence electrons. The van der Waals surface area contributed by atoms with Crippen molar-refractivity contribution >= 4 is 17.6 Å². The first-order valence-electron chi connectivity index (χ1n) is 8.30. The summed E-state index contributed by atoms with van der Waals surface area (Å²) < 4.78 is 19.9. The molecule has 3 rings (SSSR count). The van der Waals surface area contributed by atoms with Crippen LogP contribution < -0.4 is 5.32 Å². The monoisotopic (exact) mass is 367 g/mol. The molecule has 0 aliphatic heterocycles. The molecular weight excluding hydrogens is 349 g/mol. The molecule has 27 heavy (non-hydrogen) atoms. The highest BCUT2D eigenvalue weighted by atomic mass is 19.1. The zero-order valence-electron chi connectivity index (χ0n) is 14.9. The molecule has 3 aromatic rings. The van der Waals surface area contributed by atoms with E-state index < -0.39 is 24.3 Å². The molecule has 7 heteroatoms. The first-order chi connectivity index (χ1) is 13.0. The first kappa shape index (κ1) is 18.3. The molecule has 1 N–H and O–H groups in total. The number of halogens is 1. The summed E-state index contributed by atoms with van der Waals surface area (Å²) in [7, 11) is 0. The number of para-hydroxylation sites is 1. The third-order valence-electron chi connectivity index (χ3n) is 3.94. The first-order valence-corrected chi connectivity index (χ1v) is 8.30. The van der Waals surface area contributed by atoms with Crippen LogP contribution in [0, 0.1) is 19.7 Å². The number of rotatable bonds is 5. The van der Waals surface area contributed by atoms with Gasteiger partial charge in [0.1, 0.15) is 11.4 Å². The molecule has 0 unspecified atom stereocenters. The van der Waals surface area contributed by atoms with Crippen molar-refractivity contribution < 1.29 is 18.7 Å². The Morgan fingerprint density at radius 2 is 1.85 bits per heavy atom. The van der Waals surface area contributed by atoms with E-state index in [0.29, 0.717) is 22.6 Å². The number of aryl methyl sites for hydroxylation is 1. The topological polar surface area (TPSA) is 73.2 Å². The molecule has 0 fully saturated rings. The Hall–Kier alpha value is -3.48. The Morgan fingerprint density at radius 3 is 2.56 bits per heavy atom. The van der Waals surface area contributed by atoms with Crippen LogP contribution in [0.1, 0.15) is 21.7 Å². The second-order valence-electron chi connectivity index (χ2n) is 5.93. The molecule has 6 nitrogen and oxygen atoms in total. The van der Waals surface area contributed by atoms with Crippen LogP contribution in [0.5, 0.6) is 0 Å². The second kappa shape index (κ2) is 7.82. The predicted molar refractivity (Wildman–Crippen MR) is 98.4 cm³/mol. The Kier molecular flexibility index (Phi) is 5.30. The van der Waals surface area contributed by atoms with Crippen molar-refractivity contribution in [1.82, 2.24) is 9.78 Å². The van der Waals surface area contributed by atoms with Crippen LogP contribution >= 0.6 is 0 Å². The Morgan fingerprint density at radius 1 is 1.11 bits per heavy atom. The van der Waals surface area contributed by atoms with Crippen molar-refractivity contribution in [2.75, 3.05) is 11.9 Å². The number of nitrogens with one attached hydrogen (secondary N) is 1. The van der Waals surface area contributed by atoms with Crippen LogP contribution in [0.3, 0.4) is 0 Å². The fraction of sp³-hybridized carbons (Fsp3) is 0.150. The van der Waals surface area contributed by atoms with Crippen LogP contribution in [0.4, 0.5) is 10.1 Å². The normalized spacial score (nSPS) is 10.5. The van der Waals surface area contributed by atoms with E-state index in [2.05, 4.69) is 10.4 Å². The standard InChI is InChI=1S/C20H18FN3O3/c1-13-19(14(2)24(23-13)17-9-4-3-5-10-17)20(26)27-12-18(25)22-16-8-6-7-15(21)11-16/h3-11H,12H2,1-2H3,(H,22,25). The van der Waals surface area contributed by atoms with Crippen LogP contribution in [-0.4, -0.2) is 28.3 Å². The fourth-order valence-corrected chi connectivity index (χ4v) is 2.73. The van der Waals surface area contributed by atoms with E-state index in [1.807, 2.05) is 30.3 Å². The highest BCUT2D eigenvalue weighted by molar-refractivity contribution is 5.96. The number of carbonyl (C=O) groups excluding carboxylic acids is 2. The van der Waals surface area contributed by atoms with Gasteiger partial charge in [-0.15, -0.1) is 0 Å². The maximum absolute atomic E-state index is 13.1. The summed E-state index contributed by atoms with van der Waals surface area (Å²) in [5.74, 6) is -1.66. The van der Waals surface area contributed by atoms with E-state index in [4.69, 9.17) is 4.74 Å². The lowest BCUT2D eigenvalue weighted by Gasteiger charge is -2.07.